The van der Waals surface area contributed by atoms with Crippen LogP contribution in [-0.4, -0.2) is 11.0 Å². The van der Waals surface area contributed by atoms with Crippen LogP contribution in [0.4, 0.5) is 17.1 Å². The predicted molar refractivity (Wildman–Crippen MR) is 88.3 cm³/mol. The zero-order valence-electron chi connectivity index (χ0n) is 11.1. The van der Waals surface area contributed by atoms with Crippen LogP contribution in [0.15, 0.2) is 48.5 Å². The summed E-state index contributed by atoms with van der Waals surface area (Å²) in [5.41, 5.74) is 13.8. The van der Waals surface area contributed by atoms with Crippen LogP contribution < -0.4 is 16.8 Å². The number of phenolic OH excluding ortho intramolecular Hbond substituents is 1. The summed E-state index contributed by atoms with van der Waals surface area (Å²) in [4.78, 5) is 11.7. The second-order valence-electron chi connectivity index (χ2n) is 4.26. The number of benzene rings is 2. The van der Waals surface area contributed by atoms with Crippen LogP contribution in [0.2, 0.25) is 0 Å². The lowest BCUT2D eigenvalue weighted by atomic mass is 10.1. The van der Waals surface area contributed by atoms with Gasteiger partial charge in [0, 0.05) is 23.1 Å². The monoisotopic (exact) mass is 305 g/mol. The van der Waals surface area contributed by atoms with E-state index in [4.69, 9.17) is 16.6 Å². The van der Waals surface area contributed by atoms with Gasteiger partial charge in [-0.3, -0.25) is 4.79 Å². The first-order valence-corrected chi connectivity index (χ1v) is 5.98. The minimum Gasteiger partial charge on any atom is -0.508 e. The van der Waals surface area contributed by atoms with Crippen molar-refractivity contribution in [2.45, 2.75) is 0 Å². The van der Waals surface area contributed by atoms with Crippen LogP contribution in [0.3, 0.4) is 0 Å². The number of hydrogen-bond acceptors (Lipinski definition) is 4. The maximum atomic E-state index is 11.7. The molecular formula is C15H16ClN3O2. The lowest BCUT2D eigenvalue weighted by molar-refractivity contribution is -0.111. The highest BCUT2D eigenvalue weighted by Crippen LogP contribution is 2.17. The fraction of sp³-hybridized carbons (Fsp3) is 0. The van der Waals surface area contributed by atoms with Gasteiger partial charge in [-0.25, -0.2) is 0 Å². The highest BCUT2D eigenvalue weighted by Gasteiger charge is 2.00. The first kappa shape index (κ1) is 16.4. The molecule has 0 saturated heterocycles. The number of amides is 1. The van der Waals surface area contributed by atoms with Crippen molar-refractivity contribution in [3.05, 3.63) is 54.1 Å². The number of anilines is 3. The number of phenols is 1. The molecule has 6 heteroatoms. The van der Waals surface area contributed by atoms with E-state index in [1.807, 2.05) is 0 Å². The van der Waals surface area contributed by atoms with Crippen molar-refractivity contribution in [2.24, 2.45) is 0 Å². The number of carbonyl (C=O) groups is 1. The van der Waals surface area contributed by atoms with E-state index in [1.54, 1.807) is 36.4 Å². The molecule has 0 radical (unpaired) electrons. The Morgan fingerprint density at radius 2 is 1.76 bits per heavy atom. The quantitative estimate of drug-likeness (QED) is 0.398. The minimum absolute atomic E-state index is 0. The summed E-state index contributed by atoms with van der Waals surface area (Å²) in [6.45, 7) is 0. The highest BCUT2D eigenvalue weighted by molar-refractivity contribution is 6.02. The first-order chi connectivity index (χ1) is 9.54. The summed E-state index contributed by atoms with van der Waals surface area (Å²) < 4.78 is 0. The molecule has 0 spiro atoms. The van der Waals surface area contributed by atoms with Crippen molar-refractivity contribution in [3.63, 3.8) is 0 Å². The zero-order chi connectivity index (χ0) is 14.5. The summed E-state index contributed by atoms with van der Waals surface area (Å²) in [5.74, 6) is -0.149. The summed E-state index contributed by atoms with van der Waals surface area (Å²) >= 11 is 0. The van der Waals surface area contributed by atoms with Gasteiger partial charge in [0.1, 0.15) is 5.75 Å². The molecule has 0 aliphatic rings. The van der Waals surface area contributed by atoms with E-state index < -0.39 is 0 Å². The number of nitrogens with one attached hydrogen (secondary N) is 1. The Bertz CT molecular complexity index is 654. The lowest BCUT2D eigenvalue weighted by Crippen LogP contribution is -2.07. The molecule has 0 aromatic heterocycles. The fourth-order valence-electron chi connectivity index (χ4n) is 1.63. The Kier molecular flexibility index (Phi) is 5.63. The summed E-state index contributed by atoms with van der Waals surface area (Å²) in [6, 6.07) is 11.3. The Labute approximate surface area is 128 Å². The topological polar surface area (TPSA) is 101 Å². The van der Waals surface area contributed by atoms with Crippen molar-refractivity contribution in [1.82, 2.24) is 0 Å². The van der Waals surface area contributed by atoms with Crippen molar-refractivity contribution < 1.29 is 9.90 Å². The third kappa shape index (κ3) is 4.74. The average Bonchev–Trinajstić information content (AvgIpc) is 2.42. The second kappa shape index (κ2) is 7.21. The summed E-state index contributed by atoms with van der Waals surface area (Å²) in [5, 5.41) is 11.8. The molecule has 0 unspecified atom stereocenters. The van der Waals surface area contributed by atoms with Gasteiger partial charge in [-0.2, -0.15) is 0 Å². The number of halogens is 1. The summed E-state index contributed by atoms with van der Waals surface area (Å²) in [6.07, 6.45) is 2.97. The van der Waals surface area contributed by atoms with Crippen LogP contribution in [0, 0.1) is 0 Å². The van der Waals surface area contributed by atoms with Gasteiger partial charge in [0.05, 0.1) is 0 Å². The van der Waals surface area contributed by atoms with E-state index in [2.05, 4.69) is 5.32 Å². The molecule has 0 bridgehead atoms. The van der Waals surface area contributed by atoms with Crippen molar-refractivity contribution in [1.29, 1.82) is 0 Å². The van der Waals surface area contributed by atoms with E-state index in [9.17, 15) is 4.79 Å². The molecular weight excluding hydrogens is 290 g/mol. The van der Waals surface area contributed by atoms with Gasteiger partial charge in [0.2, 0.25) is 5.91 Å². The molecule has 0 atom stereocenters. The Morgan fingerprint density at radius 1 is 1.10 bits per heavy atom. The van der Waals surface area contributed by atoms with E-state index in [-0.39, 0.29) is 24.1 Å². The summed E-state index contributed by atoms with van der Waals surface area (Å²) in [7, 11) is 0. The van der Waals surface area contributed by atoms with Crippen molar-refractivity contribution in [2.75, 3.05) is 16.8 Å². The van der Waals surface area contributed by atoms with Gasteiger partial charge in [-0.1, -0.05) is 0 Å². The van der Waals surface area contributed by atoms with Crippen LogP contribution in [0.25, 0.3) is 6.08 Å². The lowest BCUT2D eigenvalue weighted by Gasteiger charge is -2.03. The normalized spacial score (nSPS) is 10.1. The molecule has 0 fully saturated rings. The molecule has 2 aromatic rings. The van der Waals surface area contributed by atoms with Gasteiger partial charge < -0.3 is 21.9 Å². The molecule has 5 nitrogen and oxygen atoms in total. The molecule has 110 valence electrons. The van der Waals surface area contributed by atoms with Crippen molar-refractivity contribution >= 4 is 41.5 Å². The molecule has 2 rings (SSSR count). The van der Waals surface area contributed by atoms with E-state index in [1.165, 1.54) is 18.2 Å². The largest absolute Gasteiger partial charge is 0.508 e. The SMILES string of the molecule is Cl.Nc1ccc(N)c(C=CC(=O)Nc2ccc(O)cc2)c1. The Morgan fingerprint density at radius 3 is 2.43 bits per heavy atom. The van der Waals surface area contributed by atoms with Gasteiger partial charge in [-0.15, -0.1) is 12.4 Å². The van der Waals surface area contributed by atoms with E-state index in [0.29, 0.717) is 22.6 Å². The van der Waals surface area contributed by atoms with Crippen molar-refractivity contribution in [3.8, 4) is 5.75 Å². The number of nitrogens with two attached hydrogens (primary N) is 2. The first-order valence-electron chi connectivity index (χ1n) is 5.98. The zero-order valence-corrected chi connectivity index (χ0v) is 11.9. The van der Waals surface area contributed by atoms with Crippen LogP contribution in [0.5, 0.6) is 5.75 Å². The third-order valence-electron chi connectivity index (χ3n) is 2.66. The third-order valence-corrected chi connectivity index (χ3v) is 2.66. The van der Waals surface area contributed by atoms with Crippen LogP contribution in [0.1, 0.15) is 5.56 Å². The van der Waals surface area contributed by atoms with Crippen LogP contribution in [-0.2, 0) is 4.79 Å². The molecule has 0 aliphatic carbocycles. The number of aromatic hydroxyl groups is 1. The number of carbonyl (C=O) groups excluding carboxylic acids is 1. The molecule has 21 heavy (non-hydrogen) atoms. The Hall–Kier alpha value is -2.66. The number of hydrogen-bond donors (Lipinski definition) is 4. The smallest absolute Gasteiger partial charge is 0.248 e. The average molecular weight is 306 g/mol. The van der Waals surface area contributed by atoms with Gasteiger partial charge in [0.25, 0.3) is 0 Å². The fourth-order valence-corrected chi connectivity index (χ4v) is 1.63. The molecule has 1 amide bonds. The second-order valence-corrected chi connectivity index (χ2v) is 4.26. The maximum Gasteiger partial charge on any atom is 0.248 e. The minimum atomic E-state index is -0.294. The van der Waals surface area contributed by atoms with E-state index in [0.717, 1.165) is 0 Å². The standard InChI is InChI=1S/C15H15N3O2.ClH/c16-11-2-7-14(17)10(9-11)1-8-15(20)18-12-3-5-13(19)6-4-12;/h1-9,19H,16-17H2,(H,18,20);1H. The van der Waals surface area contributed by atoms with Crippen LogP contribution >= 0.6 is 12.4 Å². The number of rotatable bonds is 3. The predicted octanol–water partition coefficient (Wildman–Crippen LogP) is 2.63. The molecule has 2 aromatic carbocycles. The van der Waals surface area contributed by atoms with Gasteiger partial charge >= 0.3 is 0 Å². The maximum absolute atomic E-state index is 11.7. The highest BCUT2D eigenvalue weighted by atomic mass is 35.5. The molecule has 6 N–H and O–H groups in total. The van der Waals surface area contributed by atoms with Gasteiger partial charge in [0.15, 0.2) is 0 Å². The van der Waals surface area contributed by atoms with E-state index >= 15 is 0 Å². The molecule has 0 aliphatic heterocycles. The Balaban J connectivity index is 0.00000220. The number of nitrogen functional groups attached to an aromatic ring is 2. The molecule has 0 saturated carbocycles. The molecule has 0 heterocycles. The van der Waals surface area contributed by atoms with Gasteiger partial charge in [-0.05, 0) is 54.1 Å².